The van der Waals surface area contributed by atoms with Crippen molar-refractivity contribution in [2.75, 3.05) is 6.61 Å². The first kappa shape index (κ1) is 16.5. The summed E-state index contributed by atoms with van der Waals surface area (Å²) >= 11 is 0. The van der Waals surface area contributed by atoms with Crippen LogP contribution < -0.4 is 0 Å². The fourth-order valence-electron chi connectivity index (χ4n) is 2.31. The molecule has 1 heterocycles. The van der Waals surface area contributed by atoms with E-state index in [-0.39, 0.29) is 5.78 Å². The molecule has 5 unspecified atom stereocenters. The van der Waals surface area contributed by atoms with E-state index in [1.165, 1.54) is 0 Å². The summed E-state index contributed by atoms with van der Waals surface area (Å²) in [5, 5.41) is 38.1. The Bertz CT molecular complexity index is 280. The summed E-state index contributed by atoms with van der Waals surface area (Å²) in [6.45, 7) is 1.16. The minimum atomic E-state index is -1.30. The maximum atomic E-state index is 10.8. The Labute approximate surface area is 113 Å². The summed E-state index contributed by atoms with van der Waals surface area (Å²) < 4.78 is 5.38. The van der Waals surface area contributed by atoms with Crippen LogP contribution in [0.3, 0.4) is 0 Å². The van der Waals surface area contributed by atoms with Gasteiger partial charge in [-0.2, -0.15) is 0 Å². The number of aliphatic hydroxyl groups is 4. The molecule has 0 aromatic heterocycles. The van der Waals surface area contributed by atoms with E-state index in [1.54, 1.807) is 6.92 Å². The first-order chi connectivity index (χ1) is 8.97. The molecule has 0 aliphatic carbocycles. The highest BCUT2D eigenvalue weighted by Crippen LogP contribution is 2.24. The molecule has 1 saturated heterocycles. The van der Waals surface area contributed by atoms with Gasteiger partial charge in [0.2, 0.25) is 0 Å². The summed E-state index contributed by atoms with van der Waals surface area (Å²) in [6, 6.07) is 0. The number of ether oxygens (including phenoxy) is 1. The lowest BCUT2D eigenvalue weighted by atomic mass is 9.92. The van der Waals surface area contributed by atoms with Crippen molar-refractivity contribution < 1.29 is 30.0 Å². The zero-order valence-corrected chi connectivity index (χ0v) is 11.2. The number of aliphatic hydroxyl groups excluding tert-OH is 4. The third-order valence-corrected chi connectivity index (χ3v) is 3.51. The van der Waals surface area contributed by atoms with Gasteiger partial charge in [-0.3, -0.25) is 0 Å². The van der Waals surface area contributed by atoms with Crippen molar-refractivity contribution in [3.8, 4) is 0 Å². The van der Waals surface area contributed by atoms with E-state index < -0.39 is 37.1 Å². The van der Waals surface area contributed by atoms with Gasteiger partial charge in [0.1, 0.15) is 30.2 Å². The van der Waals surface area contributed by atoms with Crippen LogP contribution in [0.5, 0.6) is 0 Å². The van der Waals surface area contributed by atoms with E-state index in [2.05, 4.69) is 0 Å². The fraction of sp³-hybridized carbons (Fsp3) is 0.923. The van der Waals surface area contributed by atoms with E-state index in [9.17, 15) is 20.1 Å². The Morgan fingerprint density at radius 3 is 2.21 bits per heavy atom. The third-order valence-electron chi connectivity index (χ3n) is 3.51. The number of hydrogen-bond donors (Lipinski definition) is 4. The van der Waals surface area contributed by atoms with Gasteiger partial charge in [-0.05, 0) is 19.8 Å². The van der Waals surface area contributed by atoms with Gasteiger partial charge in [-0.25, -0.2) is 0 Å². The highest BCUT2D eigenvalue weighted by atomic mass is 16.5. The van der Waals surface area contributed by atoms with E-state index in [0.29, 0.717) is 12.8 Å². The molecule has 112 valence electrons. The van der Waals surface area contributed by atoms with Crippen molar-refractivity contribution in [1.29, 1.82) is 0 Å². The van der Waals surface area contributed by atoms with Crippen LogP contribution in [0.2, 0.25) is 0 Å². The molecule has 6 nitrogen and oxygen atoms in total. The number of rotatable bonds is 7. The normalized spacial score (nSPS) is 35.3. The van der Waals surface area contributed by atoms with Gasteiger partial charge >= 0.3 is 0 Å². The number of unbranched alkanes of at least 4 members (excludes halogenated alkanes) is 2. The van der Waals surface area contributed by atoms with E-state index in [0.717, 1.165) is 19.3 Å². The minimum absolute atomic E-state index is 0.160. The van der Waals surface area contributed by atoms with Crippen LogP contribution in [0.1, 0.15) is 39.0 Å². The number of ketones is 1. The van der Waals surface area contributed by atoms with Gasteiger partial charge in [0.05, 0.1) is 12.7 Å². The fourth-order valence-corrected chi connectivity index (χ4v) is 2.31. The molecule has 1 aliphatic rings. The lowest BCUT2D eigenvalue weighted by molar-refractivity contribution is -0.230. The van der Waals surface area contributed by atoms with Gasteiger partial charge in [0.15, 0.2) is 0 Å². The highest BCUT2D eigenvalue weighted by molar-refractivity contribution is 5.75. The van der Waals surface area contributed by atoms with Gasteiger partial charge in [0.25, 0.3) is 0 Å². The molecule has 1 rings (SSSR count). The van der Waals surface area contributed by atoms with Crippen LogP contribution in [0, 0.1) is 0 Å². The quantitative estimate of drug-likeness (QED) is 0.461. The molecule has 0 bridgehead atoms. The maximum absolute atomic E-state index is 10.8. The second-order valence-corrected chi connectivity index (χ2v) is 5.17. The van der Waals surface area contributed by atoms with Crippen LogP contribution in [0.15, 0.2) is 0 Å². The monoisotopic (exact) mass is 276 g/mol. The summed E-state index contributed by atoms with van der Waals surface area (Å²) in [5.41, 5.74) is 0. The summed E-state index contributed by atoms with van der Waals surface area (Å²) in [4.78, 5) is 10.8. The number of carbonyl (C=O) groups is 1. The van der Waals surface area contributed by atoms with Crippen molar-refractivity contribution >= 4 is 5.78 Å². The first-order valence-electron chi connectivity index (χ1n) is 6.77. The Morgan fingerprint density at radius 2 is 1.63 bits per heavy atom. The third kappa shape index (κ3) is 4.81. The van der Waals surface area contributed by atoms with Gasteiger partial charge < -0.3 is 30.0 Å². The predicted molar refractivity (Wildman–Crippen MR) is 67.5 cm³/mol. The zero-order chi connectivity index (χ0) is 14.4. The van der Waals surface area contributed by atoms with Crippen LogP contribution in [-0.4, -0.2) is 63.3 Å². The largest absolute Gasteiger partial charge is 0.394 e. The van der Waals surface area contributed by atoms with E-state index in [4.69, 9.17) is 9.84 Å². The van der Waals surface area contributed by atoms with Crippen molar-refractivity contribution in [1.82, 2.24) is 0 Å². The molecule has 19 heavy (non-hydrogen) atoms. The van der Waals surface area contributed by atoms with Crippen LogP contribution in [0.25, 0.3) is 0 Å². The minimum Gasteiger partial charge on any atom is -0.394 e. The molecule has 0 aromatic carbocycles. The smallest absolute Gasteiger partial charge is 0.129 e. The molecule has 1 aliphatic heterocycles. The summed E-state index contributed by atoms with van der Waals surface area (Å²) in [6.07, 6.45) is -1.69. The number of hydrogen-bond acceptors (Lipinski definition) is 6. The second-order valence-electron chi connectivity index (χ2n) is 5.17. The first-order valence-corrected chi connectivity index (χ1v) is 6.77. The molecule has 0 amide bonds. The van der Waals surface area contributed by atoms with Gasteiger partial charge in [-0.15, -0.1) is 0 Å². The Balaban J connectivity index is 2.33. The molecule has 6 heteroatoms. The van der Waals surface area contributed by atoms with Gasteiger partial charge in [-0.1, -0.05) is 12.8 Å². The molecular formula is C13H24O6. The second kappa shape index (κ2) is 7.91. The van der Waals surface area contributed by atoms with Gasteiger partial charge in [0, 0.05) is 6.42 Å². The Kier molecular flexibility index (Phi) is 6.88. The molecular weight excluding hydrogens is 252 g/mol. The molecule has 1 fully saturated rings. The number of carbonyl (C=O) groups excluding carboxylic acids is 1. The molecule has 0 radical (unpaired) electrons. The van der Waals surface area contributed by atoms with Crippen molar-refractivity contribution in [2.45, 2.75) is 69.5 Å². The van der Waals surface area contributed by atoms with Crippen molar-refractivity contribution in [3.63, 3.8) is 0 Å². The molecule has 4 N–H and O–H groups in total. The number of Topliss-reactive ketones (excluding diaryl/α,β-unsaturated/α-hetero) is 1. The average Bonchev–Trinajstić information content (AvgIpc) is 2.37. The van der Waals surface area contributed by atoms with Crippen LogP contribution in [0.4, 0.5) is 0 Å². The molecule has 0 spiro atoms. The topological polar surface area (TPSA) is 107 Å². The lowest BCUT2D eigenvalue weighted by Gasteiger charge is -2.40. The highest BCUT2D eigenvalue weighted by Gasteiger charge is 2.42. The average molecular weight is 276 g/mol. The SMILES string of the molecule is CC(=O)CCCCCC1OC(CO)C(O)C(O)C1O. The maximum Gasteiger partial charge on any atom is 0.129 e. The Morgan fingerprint density at radius 1 is 1.00 bits per heavy atom. The lowest BCUT2D eigenvalue weighted by Crippen LogP contribution is -2.58. The molecule has 5 atom stereocenters. The van der Waals surface area contributed by atoms with Crippen LogP contribution in [-0.2, 0) is 9.53 Å². The summed E-state index contributed by atoms with van der Waals surface area (Å²) in [5.74, 6) is 0.160. The van der Waals surface area contributed by atoms with Crippen LogP contribution >= 0.6 is 0 Å². The predicted octanol–water partition coefficient (Wildman–Crippen LogP) is -0.632. The standard InChI is InChI=1S/C13H24O6/c1-8(15)5-3-2-4-6-9-11(16)13(18)12(17)10(7-14)19-9/h9-14,16-18H,2-7H2,1H3. The van der Waals surface area contributed by atoms with Crippen molar-refractivity contribution in [2.24, 2.45) is 0 Å². The molecule has 0 saturated carbocycles. The zero-order valence-electron chi connectivity index (χ0n) is 11.2. The van der Waals surface area contributed by atoms with Crippen molar-refractivity contribution in [3.05, 3.63) is 0 Å². The summed E-state index contributed by atoms with van der Waals surface area (Å²) in [7, 11) is 0. The Hall–Kier alpha value is -0.530. The van der Waals surface area contributed by atoms with E-state index in [1.807, 2.05) is 0 Å². The molecule has 0 aromatic rings. The van der Waals surface area contributed by atoms with E-state index >= 15 is 0 Å².